The Kier molecular flexibility index (Phi) is 9.72. The third kappa shape index (κ3) is 9.03. The van der Waals surface area contributed by atoms with Gasteiger partial charge in [0.2, 0.25) is 0 Å². The van der Waals surface area contributed by atoms with Crippen LogP contribution in [-0.2, 0) is 4.74 Å². The topological polar surface area (TPSA) is 127 Å². The summed E-state index contributed by atoms with van der Waals surface area (Å²) in [6, 6.07) is 21.3. The van der Waals surface area contributed by atoms with E-state index in [1.807, 2.05) is 60.0 Å². The summed E-state index contributed by atoms with van der Waals surface area (Å²) in [4.78, 5) is 41.2. The SMILES string of the molecule is CC(C)(C)OC(=O)NCCOc1cc(C(=O)O)cc(C(=O)Nc2cccc(/C=C/c3nc(-c4ccccc4)cs3)c2)c1. The Bertz CT molecular complexity index is 1590. The van der Waals surface area contributed by atoms with Crippen LogP contribution in [0.25, 0.3) is 23.4 Å². The number of aromatic carboxylic acids is 1. The predicted octanol–water partition coefficient (Wildman–Crippen LogP) is 6.83. The maximum atomic E-state index is 13.1. The molecule has 42 heavy (non-hydrogen) atoms. The summed E-state index contributed by atoms with van der Waals surface area (Å²) in [5.74, 6) is -1.52. The molecule has 1 heterocycles. The fourth-order valence-electron chi connectivity index (χ4n) is 3.77. The molecule has 0 fully saturated rings. The highest BCUT2D eigenvalue weighted by Crippen LogP contribution is 2.24. The van der Waals surface area contributed by atoms with Crippen molar-refractivity contribution >= 4 is 47.1 Å². The number of nitrogens with zero attached hydrogens (tertiary/aromatic N) is 1. The largest absolute Gasteiger partial charge is 0.492 e. The molecule has 0 radical (unpaired) electrons. The minimum absolute atomic E-state index is 0.0453. The summed E-state index contributed by atoms with van der Waals surface area (Å²) in [5.41, 5.74) is 2.73. The van der Waals surface area contributed by atoms with Crippen LogP contribution in [0.2, 0.25) is 0 Å². The van der Waals surface area contributed by atoms with Gasteiger partial charge in [-0.05, 0) is 62.7 Å². The Balaban J connectivity index is 1.39. The minimum Gasteiger partial charge on any atom is -0.492 e. The van der Waals surface area contributed by atoms with Crippen LogP contribution in [0.5, 0.6) is 5.75 Å². The Morgan fingerprint density at radius 1 is 0.952 bits per heavy atom. The molecule has 1 aromatic heterocycles. The van der Waals surface area contributed by atoms with Gasteiger partial charge in [0, 0.05) is 22.2 Å². The number of rotatable bonds is 10. The molecule has 0 bridgehead atoms. The maximum Gasteiger partial charge on any atom is 0.407 e. The summed E-state index contributed by atoms with van der Waals surface area (Å²) >= 11 is 1.54. The number of alkyl carbamates (subject to hydrolysis) is 1. The van der Waals surface area contributed by atoms with Gasteiger partial charge in [0.05, 0.1) is 17.8 Å². The molecule has 2 amide bonds. The lowest BCUT2D eigenvalue weighted by Gasteiger charge is -2.19. The number of hydrogen-bond acceptors (Lipinski definition) is 7. The van der Waals surface area contributed by atoms with E-state index in [4.69, 9.17) is 9.47 Å². The predicted molar refractivity (Wildman–Crippen MR) is 164 cm³/mol. The second kappa shape index (κ2) is 13.6. The molecule has 0 spiro atoms. The van der Waals surface area contributed by atoms with E-state index in [1.54, 1.807) is 32.9 Å². The van der Waals surface area contributed by atoms with Crippen LogP contribution < -0.4 is 15.4 Å². The van der Waals surface area contributed by atoms with Crippen LogP contribution >= 0.6 is 11.3 Å². The number of thiazole rings is 1. The van der Waals surface area contributed by atoms with Crippen molar-refractivity contribution in [3.05, 3.63) is 99.9 Å². The zero-order valence-corrected chi connectivity index (χ0v) is 24.2. The fourth-order valence-corrected chi connectivity index (χ4v) is 4.49. The highest BCUT2D eigenvalue weighted by Gasteiger charge is 2.16. The lowest BCUT2D eigenvalue weighted by atomic mass is 10.1. The summed E-state index contributed by atoms with van der Waals surface area (Å²) < 4.78 is 10.8. The van der Waals surface area contributed by atoms with Gasteiger partial charge >= 0.3 is 12.1 Å². The highest BCUT2D eigenvalue weighted by molar-refractivity contribution is 7.10. The van der Waals surface area contributed by atoms with Gasteiger partial charge in [0.1, 0.15) is 23.0 Å². The van der Waals surface area contributed by atoms with Crippen molar-refractivity contribution in [3.8, 4) is 17.0 Å². The van der Waals surface area contributed by atoms with Crippen molar-refractivity contribution < 1.29 is 29.0 Å². The first-order chi connectivity index (χ1) is 20.1. The van der Waals surface area contributed by atoms with E-state index >= 15 is 0 Å². The van der Waals surface area contributed by atoms with Crippen LogP contribution in [0.3, 0.4) is 0 Å². The van der Waals surface area contributed by atoms with Crippen molar-refractivity contribution in [1.29, 1.82) is 0 Å². The van der Waals surface area contributed by atoms with Gasteiger partial charge in [-0.1, -0.05) is 48.5 Å². The fraction of sp³-hybridized carbons (Fsp3) is 0.188. The highest BCUT2D eigenvalue weighted by atomic mass is 32.1. The summed E-state index contributed by atoms with van der Waals surface area (Å²) in [6.45, 7) is 5.44. The first-order valence-electron chi connectivity index (χ1n) is 13.1. The molecule has 0 aliphatic heterocycles. The number of carboxylic acid groups (broad SMARTS) is 1. The lowest BCUT2D eigenvalue weighted by molar-refractivity contribution is 0.0519. The standard InChI is InChI=1S/C32H31N3O6S/c1-32(2,3)41-31(39)33-14-15-40-26-18-23(17-24(19-26)30(37)38)29(36)34-25-11-7-8-21(16-25)12-13-28-35-27(20-42-28)22-9-5-4-6-10-22/h4-13,16-20H,14-15H2,1-3H3,(H,33,39)(H,34,36)(H,37,38)/b13-12+. The third-order valence-corrected chi connectivity index (χ3v) is 6.42. The average Bonchev–Trinajstić information content (AvgIpc) is 3.43. The molecule has 216 valence electrons. The molecule has 0 atom stereocenters. The number of benzene rings is 3. The molecule has 9 nitrogen and oxygen atoms in total. The van der Waals surface area contributed by atoms with Gasteiger partial charge < -0.3 is 25.2 Å². The number of anilines is 1. The van der Waals surface area contributed by atoms with Crippen LogP contribution in [0.1, 0.15) is 52.1 Å². The van der Waals surface area contributed by atoms with Crippen LogP contribution in [0.15, 0.2) is 78.2 Å². The Hall–Kier alpha value is -4.96. The average molecular weight is 586 g/mol. The summed E-state index contributed by atoms with van der Waals surface area (Å²) in [6.07, 6.45) is 3.23. The first kappa shape index (κ1) is 30.0. The number of nitrogens with one attached hydrogen (secondary N) is 2. The van der Waals surface area contributed by atoms with Gasteiger partial charge in [0.25, 0.3) is 5.91 Å². The number of carboxylic acids is 1. The molecule has 0 saturated heterocycles. The number of hydrogen-bond donors (Lipinski definition) is 3. The van der Waals surface area contributed by atoms with E-state index in [0.717, 1.165) is 21.8 Å². The number of amides is 2. The van der Waals surface area contributed by atoms with E-state index < -0.39 is 23.6 Å². The lowest BCUT2D eigenvalue weighted by Crippen LogP contribution is -2.34. The van der Waals surface area contributed by atoms with Crippen molar-refractivity contribution in [1.82, 2.24) is 10.3 Å². The minimum atomic E-state index is -1.20. The Labute approximate surface area is 247 Å². The molecule has 0 saturated carbocycles. The van der Waals surface area contributed by atoms with Crippen LogP contribution in [0, 0.1) is 0 Å². The smallest absolute Gasteiger partial charge is 0.407 e. The molecule has 3 N–H and O–H groups in total. The second-order valence-electron chi connectivity index (χ2n) is 10.2. The van der Waals surface area contributed by atoms with E-state index in [2.05, 4.69) is 15.6 Å². The number of aromatic nitrogens is 1. The zero-order chi connectivity index (χ0) is 30.1. The van der Waals surface area contributed by atoms with E-state index in [0.29, 0.717) is 5.69 Å². The van der Waals surface area contributed by atoms with E-state index in [9.17, 15) is 19.5 Å². The molecule has 4 rings (SSSR count). The molecule has 0 unspecified atom stereocenters. The second-order valence-corrected chi connectivity index (χ2v) is 11.1. The Morgan fingerprint density at radius 3 is 2.45 bits per heavy atom. The van der Waals surface area contributed by atoms with Crippen molar-refractivity contribution in [3.63, 3.8) is 0 Å². The molecule has 3 aromatic carbocycles. The van der Waals surface area contributed by atoms with E-state index in [-0.39, 0.29) is 30.0 Å². The first-order valence-corrected chi connectivity index (χ1v) is 14.0. The quantitative estimate of drug-likeness (QED) is 0.174. The molecule has 10 heteroatoms. The molecular formula is C32H31N3O6S. The molecular weight excluding hydrogens is 554 g/mol. The number of ether oxygens (including phenoxy) is 2. The van der Waals surface area contributed by atoms with Gasteiger partial charge in [-0.25, -0.2) is 14.6 Å². The van der Waals surface area contributed by atoms with E-state index in [1.165, 1.54) is 29.5 Å². The number of carbonyl (C=O) groups is 3. The summed E-state index contributed by atoms with van der Waals surface area (Å²) in [7, 11) is 0. The van der Waals surface area contributed by atoms with Gasteiger partial charge in [-0.15, -0.1) is 11.3 Å². The van der Waals surface area contributed by atoms with Crippen LogP contribution in [0.4, 0.5) is 10.5 Å². The number of carbonyl (C=O) groups excluding carboxylic acids is 2. The summed E-state index contributed by atoms with van der Waals surface area (Å²) in [5, 5.41) is 17.8. The molecule has 4 aromatic rings. The third-order valence-electron chi connectivity index (χ3n) is 5.61. The molecule has 0 aliphatic carbocycles. The maximum absolute atomic E-state index is 13.1. The van der Waals surface area contributed by atoms with Crippen molar-refractivity contribution in [2.75, 3.05) is 18.5 Å². The van der Waals surface area contributed by atoms with Gasteiger partial charge in [-0.3, -0.25) is 4.79 Å². The van der Waals surface area contributed by atoms with Gasteiger partial charge in [-0.2, -0.15) is 0 Å². The Morgan fingerprint density at radius 2 is 1.71 bits per heavy atom. The zero-order valence-electron chi connectivity index (χ0n) is 23.4. The van der Waals surface area contributed by atoms with Crippen molar-refractivity contribution in [2.45, 2.75) is 26.4 Å². The normalized spacial score (nSPS) is 11.2. The van der Waals surface area contributed by atoms with Crippen molar-refractivity contribution in [2.24, 2.45) is 0 Å². The van der Waals surface area contributed by atoms with Crippen LogP contribution in [-0.4, -0.2) is 46.8 Å². The van der Waals surface area contributed by atoms with Gasteiger partial charge in [0.15, 0.2) is 0 Å². The molecule has 0 aliphatic rings. The monoisotopic (exact) mass is 585 g/mol.